The largest absolute Gasteiger partial charge is 0.301 e. The van der Waals surface area contributed by atoms with Gasteiger partial charge in [-0.25, -0.2) is 0 Å². The monoisotopic (exact) mass is 254 g/mol. The Morgan fingerprint density at radius 3 is 2.82 bits per heavy atom. The molecule has 5 heteroatoms. The van der Waals surface area contributed by atoms with E-state index in [4.69, 9.17) is 0 Å². The fraction of sp³-hybridized carbons (Fsp3) is 0.833. The number of thioether (sulfide) groups is 1. The average Bonchev–Trinajstić information content (AvgIpc) is 2.97. The van der Waals surface area contributed by atoms with Gasteiger partial charge in [0.2, 0.25) is 0 Å². The molecule has 1 aromatic heterocycles. The lowest BCUT2D eigenvalue weighted by Gasteiger charge is -2.13. The van der Waals surface area contributed by atoms with E-state index in [0.717, 1.165) is 25.2 Å². The second-order valence-electron chi connectivity index (χ2n) is 4.77. The predicted octanol–water partition coefficient (Wildman–Crippen LogP) is 1.67. The lowest BCUT2D eigenvalue weighted by atomic mass is 10.3. The maximum absolute atomic E-state index is 4.23. The molecule has 0 spiro atoms. The normalized spacial score (nSPS) is 18.7. The minimum absolute atomic E-state index is 0.624. The number of rotatable bonds is 6. The van der Waals surface area contributed by atoms with Crippen molar-refractivity contribution in [3.8, 4) is 0 Å². The van der Waals surface area contributed by atoms with Gasteiger partial charge >= 0.3 is 0 Å². The summed E-state index contributed by atoms with van der Waals surface area (Å²) in [5.41, 5.74) is 1.12. The predicted molar refractivity (Wildman–Crippen MR) is 72.4 cm³/mol. The van der Waals surface area contributed by atoms with E-state index < -0.39 is 0 Å². The molecule has 2 rings (SSSR count). The van der Waals surface area contributed by atoms with Crippen molar-refractivity contribution in [1.29, 1.82) is 0 Å². The molecule has 1 aliphatic heterocycles. The molecular weight excluding hydrogens is 232 g/mol. The van der Waals surface area contributed by atoms with Crippen LogP contribution in [0.4, 0.5) is 0 Å². The summed E-state index contributed by atoms with van der Waals surface area (Å²) in [5.74, 6) is 0. The third-order valence-electron chi connectivity index (χ3n) is 3.33. The van der Waals surface area contributed by atoms with Gasteiger partial charge in [-0.2, -0.15) is 11.8 Å². The van der Waals surface area contributed by atoms with Gasteiger partial charge < -0.3 is 4.90 Å². The molecule has 0 radical (unpaired) electrons. The van der Waals surface area contributed by atoms with Crippen LogP contribution in [0.1, 0.15) is 25.5 Å². The summed E-state index contributed by atoms with van der Waals surface area (Å²) in [7, 11) is 0. The average molecular weight is 254 g/mol. The summed E-state index contributed by atoms with van der Waals surface area (Å²) in [6.45, 7) is 6.82. The molecular formula is C12H22N4S. The molecule has 1 aliphatic rings. The van der Waals surface area contributed by atoms with Crippen LogP contribution >= 0.6 is 11.8 Å². The van der Waals surface area contributed by atoms with Crippen LogP contribution in [0.15, 0.2) is 6.20 Å². The number of hydrogen-bond donors (Lipinski definition) is 0. The van der Waals surface area contributed by atoms with E-state index in [1.165, 1.54) is 25.9 Å². The van der Waals surface area contributed by atoms with Crippen LogP contribution < -0.4 is 0 Å². The summed E-state index contributed by atoms with van der Waals surface area (Å²) < 4.78 is 1.99. The van der Waals surface area contributed by atoms with Crippen molar-refractivity contribution in [2.75, 3.05) is 25.9 Å². The zero-order valence-electron chi connectivity index (χ0n) is 10.8. The molecule has 1 saturated heterocycles. The minimum Gasteiger partial charge on any atom is -0.301 e. The summed E-state index contributed by atoms with van der Waals surface area (Å²) in [6, 6.07) is 0. The van der Waals surface area contributed by atoms with Crippen molar-refractivity contribution in [1.82, 2.24) is 19.9 Å². The molecule has 0 amide bonds. The van der Waals surface area contributed by atoms with E-state index >= 15 is 0 Å². The lowest BCUT2D eigenvalue weighted by Crippen LogP contribution is -2.24. The third kappa shape index (κ3) is 4.00. The van der Waals surface area contributed by atoms with Crippen molar-refractivity contribution in [3.63, 3.8) is 0 Å². The molecule has 4 nitrogen and oxygen atoms in total. The van der Waals surface area contributed by atoms with Gasteiger partial charge in [0, 0.05) is 24.4 Å². The summed E-state index contributed by atoms with van der Waals surface area (Å²) in [6.07, 6.45) is 7.97. The molecule has 0 aliphatic carbocycles. The minimum atomic E-state index is 0.624. The maximum Gasteiger partial charge on any atom is 0.0838 e. The molecule has 0 unspecified atom stereocenters. The molecule has 1 fully saturated rings. The molecule has 17 heavy (non-hydrogen) atoms. The van der Waals surface area contributed by atoms with Gasteiger partial charge in [-0.1, -0.05) is 12.1 Å². The first-order valence-corrected chi connectivity index (χ1v) is 7.71. The van der Waals surface area contributed by atoms with Crippen LogP contribution in [0.25, 0.3) is 0 Å². The van der Waals surface area contributed by atoms with Crippen LogP contribution in [-0.2, 0) is 13.0 Å². The molecule has 0 bridgehead atoms. The van der Waals surface area contributed by atoms with E-state index in [1.54, 1.807) is 0 Å². The van der Waals surface area contributed by atoms with Crippen LogP contribution in [0, 0.1) is 0 Å². The lowest BCUT2D eigenvalue weighted by molar-refractivity contribution is 0.314. The Bertz CT molecular complexity index is 333. The van der Waals surface area contributed by atoms with Gasteiger partial charge in [0.25, 0.3) is 0 Å². The molecule has 0 saturated carbocycles. The van der Waals surface area contributed by atoms with Crippen LogP contribution in [-0.4, -0.2) is 51.0 Å². The molecule has 0 aromatic carbocycles. The van der Waals surface area contributed by atoms with Gasteiger partial charge in [-0.3, -0.25) is 4.68 Å². The van der Waals surface area contributed by atoms with E-state index in [9.17, 15) is 0 Å². The zero-order chi connectivity index (χ0) is 12.1. The van der Waals surface area contributed by atoms with E-state index in [1.807, 2.05) is 16.4 Å². The Morgan fingerprint density at radius 2 is 2.12 bits per heavy atom. The topological polar surface area (TPSA) is 34.0 Å². The fourth-order valence-corrected chi connectivity index (χ4v) is 2.51. The highest BCUT2D eigenvalue weighted by molar-refractivity contribution is 7.99. The van der Waals surface area contributed by atoms with Crippen molar-refractivity contribution in [2.45, 2.75) is 38.0 Å². The van der Waals surface area contributed by atoms with Gasteiger partial charge in [0.1, 0.15) is 0 Å². The van der Waals surface area contributed by atoms with Crippen LogP contribution in [0.5, 0.6) is 0 Å². The Balaban J connectivity index is 1.77. The maximum atomic E-state index is 4.23. The van der Waals surface area contributed by atoms with Gasteiger partial charge in [0.05, 0.1) is 12.2 Å². The smallest absolute Gasteiger partial charge is 0.0838 e. The molecule has 2 heterocycles. The first kappa shape index (κ1) is 12.9. The second kappa shape index (κ2) is 6.40. The first-order chi connectivity index (χ1) is 8.28. The first-order valence-electron chi connectivity index (χ1n) is 6.42. The SMILES string of the molecule is CS[C@@H](C)Cc1cn(CCN2CCCC2)nn1. The highest BCUT2D eigenvalue weighted by Gasteiger charge is 2.11. The molecule has 1 atom stereocenters. The number of hydrogen-bond acceptors (Lipinski definition) is 4. The summed E-state index contributed by atoms with van der Waals surface area (Å²) >= 11 is 1.88. The Hall–Kier alpha value is -0.550. The Labute approximate surface area is 108 Å². The standard InChI is InChI=1S/C12H22N4S/c1-11(17-2)9-12-10-16(14-13-12)8-7-15-5-3-4-6-15/h10-11H,3-9H2,1-2H3/t11-/m0/s1. The highest BCUT2D eigenvalue weighted by Crippen LogP contribution is 2.11. The highest BCUT2D eigenvalue weighted by atomic mass is 32.2. The van der Waals surface area contributed by atoms with E-state index in [2.05, 4.69) is 34.6 Å². The van der Waals surface area contributed by atoms with Crippen molar-refractivity contribution in [2.24, 2.45) is 0 Å². The Morgan fingerprint density at radius 1 is 1.35 bits per heavy atom. The van der Waals surface area contributed by atoms with Crippen molar-refractivity contribution < 1.29 is 0 Å². The van der Waals surface area contributed by atoms with Crippen LogP contribution in [0.2, 0.25) is 0 Å². The quantitative estimate of drug-likeness (QED) is 0.773. The number of likely N-dealkylation sites (tertiary alicyclic amines) is 1. The summed E-state index contributed by atoms with van der Waals surface area (Å²) in [4.78, 5) is 2.51. The summed E-state index contributed by atoms with van der Waals surface area (Å²) in [5, 5.41) is 9.05. The third-order valence-corrected chi connectivity index (χ3v) is 4.30. The Kier molecular flexibility index (Phi) is 4.86. The van der Waals surface area contributed by atoms with Gasteiger partial charge in [-0.15, -0.1) is 5.10 Å². The zero-order valence-corrected chi connectivity index (χ0v) is 11.6. The van der Waals surface area contributed by atoms with E-state index in [-0.39, 0.29) is 0 Å². The molecule has 96 valence electrons. The van der Waals surface area contributed by atoms with Crippen molar-refractivity contribution >= 4 is 11.8 Å². The molecule has 0 N–H and O–H groups in total. The fourth-order valence-electron chi connectivity index (χ4n) is 2.17. The van der Waals surface area contributed by atoms with Crippen LogP contribution in [0.3, 0.4) is 0 Å². The van der Waals surface area contributed by atoms with E-state index in [0.29, 0.717) is 5.25 Å². The second-order valence-corrected chi connectivity index (χ2v) is 6.05. The molecule has 1 aromatic rings. The van der Waals surface area contributed by atoms with Gasteiger partial charge in [-0.05, 0) is 32.2 Å². The number of nitrogens with zero attached hydrogens (tertiary/aromatic N) is 4. The van der Waals surface area contributed by atoms with Gasteiger partial charge in [0.15, 0.2) is 0 Å². The number of aromatic nitrogens is 3. The van der Waals surface area contributed by atoms with Crippen molar-refractivity contribution in [3.05, 3.63) is 11.9 Å².